The fourth-order valence-corrected chi connectivity index (χ4v) is 1.34. The van der Waals surface area contributed by atoms with E-state index in [9.17, 15) is 4.79 Å². The second-order valence-corrected chi connectivity index (χ2v) is 3.32. The Balaban J connectivity index is 2.68. The van der Waals surface area contributed by atoms with Crippen molar-refractivity contribution in [3.63, 3.8) is 0 Å². The molecule has 1 rings (SSSR count). The molecule has 0 aliphatic rings. The van der Waals surface area contributed by atoms with Crippen LogP contribution in [-0.2, 0) is 4.74 Å². The van der Waals surface area contributed by atoms with Crippen molar-refractivity contribution in [3.8, 4) is 0 Å². The van der Waals surface area contributed by atoms with Gasteiger partial charge in [0.2, 0.25) is 0 Å². The summed E-state index contributed by atoms with van der Waals surface area (Å²) in [6.07, 6.45) is -0.625. The number of benzene rings is 1. The molecular formula is C10H12ClNO3. The van der Waals surface area contributed by atoms with E-state index in [1.165, 1.54) is 0 Å². The predicted molar refractivity (Wildman–Crippen MR) is 58.2 cm³/mol. The second-order valence-electron chi connectivity index (χ2n) is 2.92. The number of ether oxygens (including phenoxy) is 1. The summed E-state index contributed by atoms with van der Waals surface area (Å²) in [4.78, 5) is 11.2. The monoisotopic (exact) mass is 229 g/mol. The van der Waals surface area contributed by atoms with Crippen LogP contribution in [0.4, 0.5) is 10.5 Å². The van der Waals surface area contributed by atoms with Crippen molar-refractivity contribution in [1.29, 1.82) is 0 Å². The molecule has 5 heteroatoms. The van der Waals surface area contributed by atoms with Gasteiger partial charge in [0.15, 0.2) is 0 Å². The molecule has 0 saturated heterocycles. The molecule has 1 aromatic rings. The molecule has 82 valence electrons. The first-order valence-corrected chi connectivity index (χ1v) is 4.82. The van der Waals surface area contributed by atoms with Gasteiger partial charge in [-0.2, -0.15) is 0 Å². The Morgan fingerprint density at radius 2 is 2.33 bits per heavy atom. The molecule has 2 N–H and O–H groups in total. The van der Waals surface area contributed by atoms with E-state index in [1.54, 1.807) is 12.1 Å². The quantitative estimate of drug-likeness (QED) is 0.835. The number of aliphatic hydroxyl groups is 1. The van der Waals surface area contributed by atoms with Gasteiger partial charge in [-0.05, 0) is 18.6 Å². The van der Waals surface area contributed by atoms with Crippen molar-refractivity contribution in [2.45, 2.75) is 6.92 Å². The van der Waals surface area contributed by atoms with E-state index in [4.69, 9.17) is 16.7 Å². The van der Waals surface area contributed by atoms with E-state index in [-0.39, 0.29) is 13.2 Å². The van der Waals surface area contributed by atoms with E-state index in [1.807, 2.05) is 13.0 Å². The van der Waals surface area contributed by atoms with Gasteiger partial charge in [0.25, 0.3) is 0 Å². The summed E-state index contributed by atoms with van der Waals surface area (Å²) in [6.45, 7) is 1.60. The standard InChI is InChI=1S/C10H12ClNO3/c1-7-3-2-4-8(11)9(7)12-10(14)15-6-5-13/h2-4,13H,5-6H2,1H3,(H,12,14). The highest BCUT2D eigenvalue weighted by atomic mass is 35.5. The highest BCUT2D eigenvalue weighted by molar-refractivity contribution is 6.33. The summed E-state index contributed by atoms with van der Waals surface area (Å²) in [6, 6.07) is 5.30. The molecule has 0 atom stereocenters. The maximum Gasteiger partial charge on any atom is 0.411 e. The van der Waals surface area contributed by atoms with Gasteiger partial charge >= 0.3 is 6.09 Å². The number of nitrogens with one attached hydrogen (secondary N) is 1. The van der Waals surface area contributed by atoms with Crippen LogP contribution in [0, 0.1) is 6.92 Å². The van der Waals surface area contributed by atoms with E-state index < -0.39 is 6.09 Å². The lowest BCUT2D eigenvalue weighted by Crippen LogP contribution is -2.16. The number of rotatable bonds is 3. The molecule has 1 aromatic carbocycles. The Morgan fingerprint density at radius 3 is 2.93 bits per heavy atom. The summed E-state index contributed by atoms with van der Waals surface area (Å²) in [5, 5.41) is 11.4. The molecule has 0 aliphatic carbocycles. The Hall–Kier alpha value is -1.26. The lowest BCUT2D eigenvalue weighted by molar-refractivity contribution is 0.131. The molecule has 1 amide bonds. The Kier molecular flexibility index (Phi) is 4.39. The van der Waals surface area contributed by atoms with Crippen molar-refractivity contribution >= 4 is 23.4 Å². The molecule has 0 aliphatic heterocycles. The van der Waals surface area contributed by atoms with E-state index in [2.05, 4.69) is 10.1 Å². The molecule has 0 bridgehead atoms. The second kappa shape index (κ2) is 5.58. The molecular weight excluding hydrogens is 218 g/mol. The third-order valence-electron chi connectivity index (χ3n) is 1.77. The molecule has 0 heterocycles. The van der Waals surface area contributed by atoms with Crippen LogP contribution in [0.1, 0.15) is 5.56 Å². The van der Waals surface area contributed by atoms with Gasteiger partial charge < -0.3 is 9.84 Å². The minimum atomic E-state index is -0.625. The first kappa shape index (κ1) is 11.8. The van der Waals surface area contributed by atoms with Crippen LogP contribution in [0.15, 0.2) is 18.2 Å². The zero-order valence-electron chi connectivity index (χ0n) is 8.29. The number of aliphatic hydroxyl groups excluding tert-OH is 1. The van der Waals surface area contributed by atoms with Gasteiger partial charge in [0, 0.05) is 0 Å². The first-order valence-electron chi connectivity index (χ1n) is 4.45. The number of aryl methyl sites for hydroxylation is 1. The van der Waals surface area contributed by atoms with Crippen LogP contribution in [0.5, 0.6) is 0 Å². The van der Waals surface area contributed by atoms with Crippen LogP contribution < -0.4 is 5.32 Å². The van der Waals surface area contributed by atoms with Gasteiger partial charge in [0.1, 0.15) is 6.61 Å². The molecule has 0 aromatic heterocycles. The van der Waals surface area contributed by atoms with Gasteiger partial charge in [-0.25, -0.2) is 4.79 Å². The van der Waals surface area contributed by atoms with Gasteiger partial charge in [-0.3, -0.25) is 5.32 Å². The number of carbonyl (C=O) groups excluding carboxylic acids is 1. The van der Waals surface area contributed by atoms with Crippen LogP contribution in [-0.4, -0.2) is 24.4 Å². The highest BCUT2D eigenvalue weighted by Gasteiger charge is 2.08. The molecule has 0 fully saturated rings. The molecule has 0 spiro atoms. The Labute approximate surface area is 92.8 Å². The summed E-state index contributed by atoms with van der Waals surface area (Å²) in [5.41, 5.74) is 1.38. The lowest BCUT2D eigenvalue weighted by Gasteiger charge is -2.09. The smallest absolute Gasteiger partial charge is 0.411 e. The number of amides is 1. The van der Waals surface area contributed by atoms with Gasteiger partial charge in [0.05, 0.1) is 17.3 Å². The summed E-state index contributed by atoms with van der Waals surface area (Å²) < 4.78 is 4.65. The third-order valence-corrected chi connectivity index (χ3v) is 2.09. The first-order chi connectivity index (χ1) is 7.15. The highest BCUT2D eigenvalue weighted by Crippen LogP contribution is 2.25. The number of hydrogen-bond acceptors (Lipinski definition) is 3. The lowest BCUT2D eigenvalue weighted by atomic mass is 10.2. The van der Waals surface area contributed by atoms with Crippen molar-refractivity contribution in [2.75, 3.05) is 18.5 Å². The Morgan fingerprint density at radius 1 is 1.60 bits per heavy atom. The number of carbonyl (C=O) groups is 1. The largest absolute Gasteiger partial charge is 0.447 e. The predicted octanol–water partition coefficient (Wildman–Crippen LogP) is 2.19. The fraction of sp³-hybridized carbons (Fsp3) is 0.300. The topological polar surface area (TPSA) is 58.6 Å². The van der Waals surface area contributed by atoms with Crippen molar-refractivity contribution in [1.82, 2.24) is 0 Å². The third kappa shape index (κ3) is 3.42. The van der Waals surface area contributed by atoms with E-state index >= 15 is 0 Å². The average Bonchev–Trinajstić information content (AvgIpc) is 2.21. The fourth-order valence-electron chi connectivity index (χ4n) is 1.07. The summed E-state index contributed by atoms with van der Waals surface area (Å²) >= 11 is 5.89. The number of para-hydroxylation sites is 1. The Bertz CT molecular complexity index is 334. The zero-order valence-corrected chi connectivity index (χ0v) is 9.04. The minimum Gasteiger partial charge on any atom is -0.447 e. The van der Waals surface area contributed by atoms with Crippen molar-refractivity contribution < 1.29 is 14.6 Å². The van der Waals surface area contributed by atoms with E-state index in [0.29, 0.717) is 10.7 Å². The summed E-state index contributed by atoms with van der Waals surface area (Å²) in [5.74, 6) is 0. The van der Waals surface area contributed by atoms with Crippen LogP contribution in [0.25, 0.3) is 0 Å². The molecule has 0 unspecified atom stereocenters. The minimum absolute atomic E-state index is 0.0324. The number of anilines is 1. The van der Waals surface area contributed by atoms with Crippen LogP contribution >= 0.6 is 11.6 Å². The zero-order chi connectivity index (χ0) is 11.3. The SMILES string of the molecule is Cc1cccc(Cl)c1NC(=O)OCCO. The molecule has 4 nitrogen and oxygen atoms in total. The number of hydrogen-bond donors (Lipinski definition) is 2. The van der Waals surface area contributed by atoms with Gasteiger partial charge in [-0.15, -0.1) is 0 Å². The molecule has 0 radical (unpaired) electrons. The van der Waals surface area contributed by atoms with Gasteiger partial charge in [-0.1, -0.05) is 23.7 Å². The normalized spacial score (nSPS) is 9.80. The van der Waals surface area contributed by atoms with E-state index in [0.717, 1.165) is 5.56 Å². The van der Waals surface area contributed by atoms with Crippen molar-refractivity contribution in [2.24, 2.45) is 0 Å². The van der Waals surface area contributed by atoms with Crippen LogP contribution in [0.2, 0.25) is 5.02 Å². The average molecular weight is 230 g/mol. The van der Waals surface area contributed by atoms with Crippen molar-refractivity contribution in [3.05, 3.63) is 28.8 Å². The summed E-state index contributed by atoms with van der Waals surface area (Å²) in [7, 11) is 0. The maximum atomic E-state index is 11.2. The number of halogens is 1. The van der Waals surface area contributed by atoms with Crippen LogP contribution in [0.3, 0.4) is 0 Å². The molecule has 0 saturated carbocycles. The molecule has 15 heavy (non-hydrogen) atoms. The maximum absolute atomic E-state index is 11.2.